The van der Waals surface area contributed by atoms with Crippen molar-refractivity contribution in [1.82, 2.24) is 0 Å². The normalized spacial score (nSPS) is 20.1. The molecule has 0 N–H and O–H groups in total. The number of rotatable bonds is 3. The first-order chi connectivity index (χ1) is 7.74. The van der Waals surface area contributed by atoms with Crippen molar-refractivity contribution in [2.24, 2.45) is 5.92 Å². The minimum atomic E-state index is 0.718. The highest BCUT2D eigenvalue weighted by Gasteiger charge is 2.21. The summed E-state index contributed by atoms with van der Waals surface area (Å²) in [7, 11) is 0. The molecule has 1 fully saturated rings. The fourth-order valence-corrected chi connectivity index (χ4v) is 2.67. The van der Waals surface area contributed by atoms with Crippen LogP contribution >= 0.6 is 15.9 Å². The van der Waals surface area contributed by atoms with Gasteiger partial charge in [-0.05, 0) is 46.5 Å². The number of hydrogen-bond acceptors (Lipinski definition) is 2. The van der Waals surface area contributed by atoms with E-state index in [1.54, 1.807) is 0 Å². The van der Waals surface area contributed by atoms with Crippen LogP contribution in [0.1, 0.15) is 30.1 Å². The van der Waals surface area contributed by atoms with Crippen molar-refractivity contribution in [1.29, 1.82) is 0 Å². The van der Waals surface area contributed by atoms with Gasteiger partial charge in [-0.1, -0.05) is 13.3 Å². The Bertz CT molecular complexity index is 392. The maximum absolute atomic E-state index is 10.7. The zero-order valence-corrected chi connectivity index (χ0v) is 11.0. The molecule has 3 heteroatoms. The molecule has 0 amide bonds. The van der Waals surface area contributed by atoms with Crippen LogP contribution in [0.25, 0.3) is 0 Å². The number of anilines is 1. The lowest BCUT2D eigenvalue weighted by molar-refractivity contribution is 0.112. The second-order valence-electron chi connectivity index (χ2n) is 4.33. The molecule has 0 radical (unpaired) electrons. The second-order valence-corrected chi connectivity index (χ2v) is 5.19. The van der Waals surface area contributed by atoms with Gasteiger partial charge in [0.15, 0.2) is 6.29 Å². The third-order valence-electron chi connectivity index (χ3n) is 3.34. The number of nitrogens with zero attached hydrogens (tertiary/aromatic N) is 1. The van der Waals surface area contributed by atoms with Crippen molar-refractivity contribution in [3.8, 4) is 0 Å². The smallest absolute Gasteiger partial charge is 0.151 e. The third-order valence-corrected chi connectivity index (χ3v) is 4.03. The minimum Gasteiger partial charge on any atom is -0.371 e. The fraction of sp³-hybridized carbons (Fsp3) is 0.462. The Hall–Kier alpha value is -0.830. The summed E-state index contributed by atoms with van der Waals surface area (Å²) in [6.45, 7) is 4.52. The Balaban J connectivity index is 2.16. The van der Waals surface area contributed by atoms with Crippen molar-refractivity contribution in [3.63, 3.8) is 0 Å². The molecule has 86 valence electrons. The van der Waals surface area contributed by atoms with Gasteiger partial charge >= 0.3 is 0 Å². The molecule has 0 aliphatic carbocycles. The SMILES string of the molecule is CCC1CCN(c2ccc(C=O)c(Br)c2)C1. The van der Waals surface area contributed by atoms with E-state index in [1.807, 2.05) is 18.2 Å². The van der Waals surface area contributed by atoms with Gasteiger partial charge in [0, 0.05) is 28.8 Å². The van der Waals surface area contributed by atoms with Crippen molar-refractivity contribution < 1.29 is 4.79 Å². The van der Waals surface area contributed by atoms with E-state index in [0.717, 1.165) is 35.3 Å². The first-order valence-corrected chi connectivity index (χ1v) is 6.53. The highest BCUT2D eigenvalue weighted by atomic mass is 79.9. The largest absolute Gasteiger partial charge is 0.371 e. The molecule has 2 rings (SSSR count). The third kappa shape index (κ3) is 2.29. The van der Waals surface area contributed by atoms with Crippen molar-refractivity contribution in [3.05, 3.63) is 28.2 Å². The molecule has 0 saturated carbocycles. The molecule has 0 spiro atoms. The molecule has 1 saturated heterocycles. The molecule has 0 bridgehead atoms. The van der Waals surface area contributed by atoms with Gasteiger partial charge in [0.25, 0.3) is 0 Å². The monoisotopic (exact) mass is 281 g/mol. The first kappa shape index (κ1) is 11.6. The maximum Gasteiger partial charge on any atom is 0.151 e. The average Bonchev–Trinajstić information content (AvgIpc) is 2.77. The van der Waals surface area contributed by atoms with E-state index in [-0.39, 0.29) is 0 Å². The molecule has 16 heavy (non-hydrogen) atoms. The van der Waals surface area contributed by atoms with E-state index >= 15 is 0 Å². The summed E-state index contributed by atoms with van der Waals surface area (Å²) in [6.07, 6.45) is 3.42. The van der Waals surface area contributed by atoms with Crippen LogP contribution in [0.15, 0.2) is 22.7 Å². The summed E-state index contributed by atoms with van der Waals surface area (Å²) in [5, 5.41) is 0. The Kier molecular flexibility index (Phi) is 3.64. The summed E-state index contributed by atoms with van der Waals surface area (Å²) < 4.78 is 0.889. The molecule has 1 unspecified atom stereocenters. The summed E-state index contributed by atoms with van der Waals surface area (Å²) >= 11 is 3.43. The Morgan fingerprint density at radius 1 is 1.56 bits per heavy atom. The van der Waals surface area contributed by atoms with Crippen LogP contribution in [0, 0.1) is 5.92 Å². The Morgan fingerprint density at radius 2 is 2.38 bits per heavy atom. The first-order valence-electron chi connectivity index (χ1n) is 5.74. The molecule has 1 heterocycles. The van der Waals surface area contributed by atoms with Gasteiger partial charge in [-0.15, -0.1) is 0 Å². The lowest BCUT2D eigenvalue weighted by Gasteiger charge is -2.19. The van der Waals surface area contributed by atoms with Crippen LogP contribution in [0.3, 0.4) is 0 Å². The van der Waals surface area contributed by atoms with Crippen LogP contribution < -0.4 is 4.90 Å². The average molecular weight is 282 g/mol. The lowest BCUT2D eigenvalue weighted by Crippen LogP contribution is -2.19. The van der Waals surface area contributed by atoms with Gasteiger partial charge in [-0.2, -0.15) is 0 Å². The molecular weight excluding hydrogens is 266 g/mol. The molecule has 1 aliphatic heterocycles. The second kappa shape index (κ2) is 5.00. The van der Waals surface area contributed by atoms with Gasteiger partial charge in [0.1, 0.15) is 0 Å². The molecule has 0 aromatic heterocycles. The highest BCUT2D eigenvalue weighted by Crippen LogP contribution is 2.28. The predicted molar refractivity (Wildman–Crippen MR) is 70.1 cm³/mol. The lowest BCUT2D eigenvalue weighted by atomic mass is 10.1. The van der Waals surface area contributed by atoms with E-state index in [2.05, 4.69) is 27.8 Å². The zero-order valence-electron chi connectivity index (χ0n) is 9.45. The fourth-order valence-electron chi connectivity index (χ4n) is 2.21. The van der Waals surface area contributed by atoms with Gasteiger partial charge in [-0.3, -0.25) is 4.79 Å². The molecular formula is C13H16BrNO. The quantitative estimate of drug-likeness (QED) is 0.791. The van der Waals surface area contributed by atoms with E-state index in [4.69, 9.17) is 0 Å². The topological polar surface area (TPSA) is 20.3 Å². The van der Waals surface area contributed by atoms with E-state index in [1.165, 1.54) is 18.5 Å². The van der Waals surface area contributed by atoms with Gasteiger partial charge < -0.3 is 4.90 Å². The maximum atomic E-state index is 10.7. The number of hydrogen-bond donors (Lipinski definition) is 0. The van der Waals surface area contributed by atoms with Gasteiger partial charge in [0.2, 0.25) is 0 Å². The van der Waals surface area contributed by atoms with Gasteiger partial charge in [-0.25, -0.2) is 0 Å². The Morgan fingerprint density at radius 3 is 2.94 bits per heavy atom. The number of carbonyl (C=O) groups excluding carboxylic acids is 1. The minimum absolute atomic E-state index is 0.718. The number of benzene rings is 1. The van der Waals surface area contributed by atoms with Crippen LogP contribution in [0.5, 0.6) is 0 Å². The van der Waals surface area contributed by atoms with Gasteiger partial charge in [0.05, 0.1) is 0 Å². The molecule has 1 aromatic rings. The number of aldehydes is 1. The van der Waals surface area contributed by atoms with E-state index in [0.29, 0.717) is 0 Å². The predicted octanol–water partition coefficient (Wildman–Crippen LogP) is 3.50. The van der Waals surface area contributed by atoms with Crippen LogP contribution in [-0.4, -0.2) is 19.4 Å². The van der Waals surface area contributed by atoms with Crippen molar-refractivity contribution in [2.45, 2.75) is 19.8 Å². The molecule has 2 nitrogen and oxygen atoms in total. The van der Waals surface area contributed by atoms with Crippen LogP contribution in [0.4, 0.5) is 5.69 Å². The summed E-state index contributed by atoms with van der Waals surface area (Å²) in [4.78, 5) is 13.1. The summed E-state index contributed by atoms with van der Waals surface area (Å²) in [5.74, 6) is 0.824. The Labute approximate surface area is 105 Å². The zero-order chi connectivity index (χ0) is 11.5. The standard InChI is InChI=1S/C13H16BrNO/c1-2-10-5-6-15(8-10)12-4-3-11(9-16)13(14)7-12/h3-4,7,9-10H,2,5-6,8H2,1H3. The highest BCUT2D eigenvalue weighted by molar-refractivity contribution is 9.10. The number of carbonyl (C=O) groups is 1. The van der Waals surface area contributed by atoms with E-state index < -0.39 is 0 Å². The molecule has 1 atom stereocenters. The summed E-state index contributed by atoms with van der Waals surface area (Å²) in [6, 6.07) is 5.96. The number of halogens is 1. The molecule has 1 aliphatic rings. The van der Waals surface area contributed by atoms with E-state index in [9.17, 15) is 4.79 Å². The van der Waals surface area contributed by atoms with Crippen LogP contribution in [-0.2, 0) is 0 Å². The van der Waals surface area contributed by atoms with Crippen molar-refractivity contribution in [2.75, 3.05) is 18.0 Å². The van der Waals surface area contributed by atoms with Crippen LogP contribution in [0.2, 0.25) is 0 Å². The van der Waals surface area contributed by atoms with Crippen molar-refractivity contribution >= 4 is 27.9 Å². The molecule has 1 aromatic carbocycles. The summed E-state index contributed by atoms with van der Waals surface area (Å²) in [5.41, 5.74) is 1.93.